The molecule has 0 N–H and O–H groups in total. The first kappa shape index (κ1) is 76.2. The molecule has 0 aliphatic carbocycles. The Kier molecular flexibility index (Phi) is 16.5. The van der Waals surface area contributed by atoms with Gasteiger partial charge in [0.1, 0.15) is 0 Å². The molecule has 30 rings (SSSR count). The highest BCUT2D eigenvalue weighted by atomic mass is 14.9. The van der Waals surface area contributed by atoms with Crippen LogP contribution in [0.25, 0.3) is 262 Å². The Balaban J connectivity index is 0.0000000907. The molecule has 0 atom stereocenters. The highest BCUT2D eigenvalue weighted by Gasteiger charge is 2.26. The first-order valence-electron chi connectivity index (χ1n) is 46.3. The largest absolute Gasteiger partial charge is 0.308 e. The first-order chi connectivity index (χ1) is 65.2. The first-order valence-corrected chi connectivity index (χ1v) is 46.3. The van der Waals surface area contributed by atoms with Gasteiger partial charge in [0.25, 0.3) is 0 Å². The quantitative estimate of drug-likeness (QED) is 0.162. The summed E-state index contributed by atoms with van der Waals surface area (Å²) in [5, 5.41) is 45.9. The molecule has 5 heteroatoms. The predicted octanol–water partition coefficient (Wildman–Crippen LogP) is 35.0. The molecule has 0 amide bonds. The molecule has 0 radical (unpaired) electrons. The van der Waals surface area contributed by atoms with Crippen LogP contribution in [-0.4, -0.2) is 17.6 Å². The van der Waals surface area contributed by atoms with E-state index >= 15 is 0 Å². The standard InChI is InChI=1S/C36H21N.C32H25N.C30H18N2.C30H21N/c1-2-8-24-21-35-33(19-23(24)7-1)31-11-5-10-30-32-20-26(15-17-34(32)37(35)36(30)31)25-14-16-29-27(18-25)13-12-22-6-3-4-9-28(22)29;1-32(2,3)24-14-11-20(12-15-24)23-13-16-29-27(18-23)25-9-6-10-26-28-17-21-7-4-5-8-22(21)19-30(28)33(29)31(25)26;1-18-9-10-19(17-31)13-25(18)22-11-12-28-26(15-22)23-7-4-8-24-27-14-20-5-2-3-6-21(20)16-29(27)32(28)30(23)24;1-18-12-19(2)14-23(13-18)22-10-11-28-26(16-22)24-8-5-9-25-27-15-20-6-3-4-7-21(20)17-29(27)31(28)30(24)25/h1-21H;4-19H,1-3H3;2-16H,1H3;3-17H,1-2H3. The van der Waals surface area contributed by atoms with Crippen LogP contribution in [-0.2, 0) is 5.41 Å². The van der Waals surface area contributed by atoms with E-state index in [0.717, 1.165) is 11.1 Å². The summed E-state index contributed by atoms with van der Waals surface area (Å²) in [6.45, 7) is 13.2. The Morgan fingerprint density at radius 1 is 0.195 bits per heavy atom. The van der Waals surface area contributed by atoms with E-state index in [1.165, 1.54) is 273 Å². The smallest absolute Gasteiger partial charge is 0.0991 e. The number of aromatic nitrogens is 4. The van der Waals surface area contributed by atoms with Crippen molar-refractivity contribution in [2.75, 3.05) is 0 Å². The van der Waals surface area contributed by atoms with Crippen molar-refractivity contribution in [2.24, 2.45) is 0 Å². The lowest BCUT2D eigenvalue weighted by molar-refractivity contribution is 0.590. The van der Waals surface area contributed by atoms with Crippen LogP contribution in [0.1, 0.15) is 48.6 Å². The molecule has 0 fully saturated rings. The molecule has 622 valence electrons. The van der Waals surface area contributed by atoms with Crippen molar-refractivity contribution < 1.29 is 0 Å². The molecule has 0 aliphatic heterocycles. The predicted molar refractivity (Wildman–Crippen MR) is 569 cm³/mol. The van der Waals surface area contributed by atoms with E-state index in [0.29, 0.717) is 5.56 Å². The second-order valence-electron chi connectivity index (χ2n) is 38.0. The maximum absolute atomic E-state index is 9.37. The Morgan fingerprint density at radius 3 is 0.872 bits per heavy atom. The lowest BCUT2D eigenvalue weighted by atomic mass is 9.86. The van der Waals surface area contributed by atoms with Crippen molar-refractivity contribution in [2.45, 2.75) is 47.0 Å². The van der Waals surface area contributed by atoms with Crippen LogP contribution >= 0.6 is 0 Å². The summed E-state index contributed by atoms with van der Waals surface area (Å²) in [6.07, 6.45) is 0. The van der Waals surface area contributed by atoms with E-state index < -0.39 is 0 Å². The maximum atomic E-state index is 9.37. The maximum Gasteiger partial charge on any atom is 0.0991 e. The lowest BCUT2D eigenvalue weighted by Gasteiger charge is -2.19. The van der Waals surface area contributed by atoms with Gasteiger partial charge in [-0.2, -0.15) is 5.26 Å². The van der Waals surface area contributed by atoms with Crippen LogP contribution in [0.5, 0.6) is 0 Å². The van der Waals surface area contributed by atoms with Gasteiger partial charge in [-0.25, -0.2) is 0 Å². The fourth-order valence-corrected chi connectivity index (χ4v) is 22.9. The minimum Gasteiger partial charge on any atom is -0.308 e. The molecule has 0 bridgehead atoms. The second-order valence-corrected chi connectivity index (χ2v) is 38.0. The molecule has 22 aromatic carbocycles. The summed E-state index contributed by atoms with van der Waals surface area (Å²) in [5.41, 5.74) is 31.3. The molecule has 0 saturated heterocycles. The van der Waals surface area contributed by atoms with Crippen LogP contribution in [0.15, 0.2) is 406 Å². The van der Waals surface area contributed by atoms with Crippen molar-refractivity contribution in [3.8, 4) is 50.6 Å². The number of aryl methyl sites for hydroxylation is 3. The number of para-hydroxylation sites is 4. The lowest BCUT2D eigenvalue weighted by Crippen LogP contribution is -2.10. The van der Waals surface area contributed by atoms with E-state index in [-0.39, 0.29) is 5.41 Å². The summed E-state index contributed by atoms with van der Waals surface area (Å²) >= 11 is 0. The average Bonchev–Trinajstić information content (AvgIpc) is 1.56. The number of fused-ring (bicyclic) bond motifs is 31. The summed E-state index contributed by atoms with van der Waals surface area (Å²) in [4.78, 5) is 0. The second kappa shape index (κ2) is 28.8. The number of hydrogen-bond acceptors (Lipinski definition) is 1. The van der Waals surface area contributed by atoms with Crippen LogP contribution in [0.4, 0.5) is 0 Å². The Bertz CT molecular complexity index is 10200. The summed E-state index contributed by atoms with van der Waals surface area (Å²) in [6, 6.07) is 152. The highest BCUT2D eigenvalue weighted by molar-refractivity contribution is 6.30. The SMILES string of the molecule is CC(C)(C)c1ccc(-c2ccc3c(c2)c2cccc4c5cc6ccccc6cc5n3c24)cc1.Cc1cc(C)cc(-c2ccc3c(c2)c2cccc4c5cc6ccccc6cc5n3c24)c1.Cc1ccc(C#N)cc1-c1ccc2c(c1)c1cccc3c4cc5ccccc5cc4n2c13.c1ccc2cc3c(cc2c1)c1cccc2c4cc(-c5ccc6c(ccc7ccccc76)c5)ccc4n3c21. The number of rotatable bonds is 4. The van der Waals surface area contributed by atoms with E-state index in [4.69, 9.17) is 0 Å². The van der Waals surface area contributed by atoms with Crippen molar-refractivity contribution >= 4 is 217 Å². The van der Waals surface area contributed by atoms with Crippen molar-refractivity contribution in [3.63, 3.8) is 0 Å². The Labute approximate surface area is 766 Å². The molecule has 30 aromatic rings. The van der Waals surface area contributed by atoms with E-state index in [2.05, 4.69) is 453 Å². The number of hydrogen-bond donors (Lipinski definition) is 0. The molecule has 0 aliphatic rings. The molecule has 5 nitrogen and oxygen atoms in total. The highest BCUT2D eigenvalue weighted by Crippen LogP contribution is 2.49. The molecule has 0 saturated carbocycles. The monoisotopic (exact) mass is 1690 g/mol. The number of nitriles is 1. The molecular formula is C128H85N5. The van der Waals surface area contributed by atoms with Crippen LogP contribution in [0.2, 0.25) is 0 Å². The zero-order valence-corrected chi connectivity index (χ0v) is 74.4. The van der Waals surface area contributed by atoms with E-state index in [1.54, 1.807) is 0 Å². The molecule has 0 spiro atoms. The van der Waals surface area contributed by atoms with Gasteiger partial charge < -0.3 is 17.6 Å². The fourth-order valence-electron chi connectivity index (χ4n) is 22.9. The third-order valence-electron chi connectivity index (χ3n) is 29.1. The van der Waals surface area contributed by atoms with Gasteiger partial charge in [0.05, 0.1) is 77.8 Å². The van der Waals surface area contributed by atoms with Gasteiger partial charge in [0, 0.05) is 86.2 Å². The van der Waals surface area contributed by atoms with Gasteiger partial charge in [-0.05, 0) is 262 Å². The van der Waals surface area contributed by atoms with Gasteiger partial charge in [-0.15, -0.1) is 0 Å². The minimum absolute atomic E-state index is 0.168. The van der Waals surface area contributed by atoms with Gasteiger partial charge >= 0.3 is 0 Å². The normalized spacial score (nSPS) is 12.3. The molecule has 8 heterocycles. The molecule has 8 aromatic heterocycles. The molecular weight excluding hydrogens is 1610 g/mol. The number of benzene rings is 22. The van der Waals surface area contributed by atoms with Crippen molar-refractivity contribution in [1.29, 1.82) is 5.26 Å². The van der Waals surface area contributed by atoms with Crippen molar-refractivity contribution in [3.05, 3.63) is 434 Å². The molecule has 0 unspecified atom stereocenters. The van der Waals surface area contributed by atoms with E-state index in [1.807, 2.05) is 18.2 Å². The zero-order valence-electron chi connectivity index (χ0n) is 74.4. The van der Waals surface area contributed by atoms with Crippen LogP contribution in [0.3, 0.4) is 0 Å². The molecule has 133 heavy (non-hydrogen) atoms. The third-order valence-corrected chi connectivity index (χ3v) is 29.1. The Morgan fingerprint density at radius 2 is 0.489 bits per heavy atom. The Hall–Kier alpha value is -16.9. The summed E-state index contributed by atoms with van der Waals surface area (Å²) < 4.78 is 9.82. The van der Waals surface area contributed by atoms with Gasteiger partial charge in [0.2, 0.25) is 0 Å². The van der Waals surface area contributed by atoms with Crippen molar-refractivity contribution in [1.82, 2.24) is 17.6 Å². The summed E-state index contributed by atoms with van der Waals surface area (Å²) in [5.74, 6) is 0. The number of nitrogens with zero attached hydrogens (tertiary/aromatic N) is 5. The van der Waals surface area contributed by atoms with Gasteiger partial charge in [-0.1, -0.05) is 323 Å². The van der Waals surface area contributed by atoms with Crippen LogP contribution in [0, 0.1) is 32.1 Å². The third kappa shape index (κ3) is 11.7. The van der Waals surface area contributed by atoms with Gasteiger partial charge in [0.15, 0.2) is 0 Å². The van der Waals surface area contributed by atoms with Gasteiger partial charge in [-0.3, -0.25) is 0 Å². The fraction of sp³-hybridized carbons (Fsp3) is 0.0547. The van der Waals surface area contributed by atoms with Crippen LogP contribution < -0.4 is 0 Å². The topological polar surface area (TPSA) is 41.4 Å². The minimum atomic E-state index is 0.168. The van der Waals surface area contributed by atoms with E-state index in [9.17, 15) is 5.26 Å². The summed E-state index contributed by atoms with van der Waals surface area (Å²) in [7, 11) is 0. The zero-order chi connectivity index (χ0) is 88.5. The average molecular weight is 1690 g/mol.